The summed E-state index contributed by atoms with van der Waals surface area (Å²) in [7, 11) is 0. The van der Waals surface area contributed by atoms with Crippen LogP contribution in [0.1, 0.15) is 22.6 Å². The van der Waals surface area contributed by atoms with Crippen LogP contribution < -0.4 is 0 Å². The Bertz CT molecular complexity index is 760. The molecular weight excluding hydrogens is 294 g/mol. The molecule has 0 amide bonds. The SMILES string of the molecule is Cc1csc(Sc2ncnc3sc4c(c23)CCC4)n1. The predicted octanol–water partition coefficient (Wildman–Crippen LogP) is 4.10. The molecule has 4 rings (SSSR count). The molecule has 0 fully saturated rings. The van der Waals surface area contributed by atoms with E-state index in [0.717, 1.165) is 19.9 Å². The summed E-state index contributed by atoms with van der Waals surface area (Å²) in [6.45, 7) is 2.03. The molecule has 0 atom stereocenters. The van der Waals surface area contributed by atoms with Gasteiger partial charge in [0.2, 0.25) is 0 Å². The Kier molecular flexibility index (Phi) is 2.82. The Hall–Kier alpha value is -0.980. The lowest BCUT2D eigenvalue weighted by molar-refractivity contribution is 0.915. The number of thiazole rings is 1. The molecule has 0 saturated heterocycles. The highest BCUT2D eigenvalue weighted by molar-refractivity contribution is 8.01. The van der Waals surface area contributed by atoms with Gasteiger partial charge in [-0.15, -0.1) is 22.7 Å². The molecule has 1 aliphatic rings. The largest absolute Gasteiger partial charge is 0.235 e. The highest BCUT2D eigenvalue weighted by Crippen LogP contribution is 2.42. The van der Waals surface area contributed by atoms with E-state index in [2.05, 4.69) is 20.3 Å². The number of fused-ring (bicyclic) bond motifs is 3. The fraction of sp³-hybridized carbons (Fsp3) is 0.308. The average Bonchev–Trinajstić information content (AvgIpc) is 3.05. The second-order valence-corrected chi connectivity index (χ2v) is 7.75. The topological polar surface area (TPSA) is 38.7 Å². The smallest absolute Gasteiger partial charge is 0.156 e. The lowest BCUT2D eigenvalue weighted by atomic mass is 10.2. The minimum absolute atomic E-state index is 1.07. The Labute approximate surface area is 123 Å². The van der Waals surface area contributed by atoms with E-state index in [1.807, 2.05) is 18.3 Å². The van der Waals surface area contributed by atoms with E-state index in [9.17, 15) is 0 Å². The molecule has 19 heavy (non-hydrogen) atoms. The number of aromatic nitrogens is 3. The molecule has 0 radical (unpaired) electrons. The van der Waals surface area contributed by atoms with Crippen molar-refractivity contribution in [2.45, 2.75) is 35.6 Å². The third-order valence-electron chi connectivity index (χ3n) is 3.25. The lowest BCUT2D eigenvalue weighted by Crippen LogP contribution is -1.86. The van der Waals surface area contributed by atoms with Gasteiger partial charge in [-0.25, -0.2) is 15.0 Å². The molecule has 0 unspecified atom stereocenters. The number of rotatable bonds is 2. The number of thiophene rings is 1. The summed E-state index contributed by atoms with van der Waals surface area (Å²) in [4.78, 5) is 16.1. The highest BCUT2D eigenvalue weighted by atomic mass is 32.2. The summed E-state index contributed by atoms with van der Waals surface area (Å²) in [5.74, 6) is 0. The van der Waals surface area contributed by atoms with E-state index in [1.165, 1.54) is 35.1 Å². The van der Waals surface area contributed by atoms with Gasteiger partial charge in [0.15, 0.2) is 4.34 Å². The zero-order valence-corrected chi connectivity index (χ0v) is 12.8. The second kappa shape index (κ2) is 4.54. The van der Waals surface area contributed by atoms with Gasteiger partial charge < -0.3 is 0 Å². The van der Waals surface area contributed by atoms with Crippen molar-refractivity contribution in [2.24, 2.45) is 0 Å². The average molecular weight is 305 g/mol. The number of aryl methyl sites for hydroxylation is 3. The van der Waals surface area contributed by atoms with Crippen LogP contribution in [-0.2, 0) is 12.8 Å². The Morgan fingerprint density at radius 3 is 3.05 bits per heavy atom. The molecule has 0 bridgehead atoms. The molecule has 3 heterocycles. The van der Waals surface area contributed by atoms with E-state index < -0.39 is 0 Å². The van der Waals surface area contributed by atoms with Crippen molar-refractivity contribution in [2.75, 3.05) is 0 Å². The zero-order chi connectivity index (χ0) is 12.8. The summed E-state index contributed by atoms with van der Waals surface area (Å²) < 4.78 is 1.07. The number of hydrogen-bond acceptors (Lipinski definition) is 6. The van der Waals surface area contributed by atoms with Crippen molar-refractivity contribution >= 4 is 44.7 Å². The molecule has 3 nitrogen and oxygen atoms in total. The molecule has 0 aliphatic heterocycles. The molecule has 1 aliphatic carbocycles. The van der Waals surface area contributed by atoms with Gasteiger partial charge in [-0.1, -0.05) is 0 Å². The Balaban J connectivity index is 1.85. The maximum Gasteiger partial charge on any atom is 0.156 e. The highest BCUT2D eigenvalue weighted by Gasteiger charge is 2.21. The molecule has 96 valence electrons. The van der Waals surface area contributed by atoms with Crippen LogP contribution in [-0.4, -0.2) is 15.0 Å². The van der Waals surface area contributed by atoms with E-state index >= 15 is 0 Å². The molecule has 0 saturated carbocycles. The van der Waals surface area contributed by atoms with Gasteiger partial charge in [0, 0.05) is 21.3 Å². The second-order valence-electron chi connectivity index (χ2n) is 4.57. The van der Waals surface area contributed by atoms with Crippen molar-refractivity contribution in [1.29, 1.82) is 0 Å². The first-order valence-electron chi connectivity index (χ1n) is 6.16. The van der Waals surface area contributed by atoms with Gasteiger partial charge in [-0.2, -0.15) is 0 Å². The third-order valence-corrected chi connectivity index (χ3v) is 6.51. The Morgan fingerprint density at radius 1 is 1.26 bits per heavy atom. The molecule has 3 aromatic heterocycles. The van der Waals surface area contributed by atoms with Crippen LogP contribution in [0.2, 0.25) is 0 Å². The van der Waals surface area contributed by atoms with Gasteiger partial charge in [0.1, 0.15) is 16.2 Å². The number of hydrogen-bond donors (Lipinski definition) is 0. The zero-order valence-electron chi connectivity index (χ0n) is 10.3. The van der Waals surface area contributed by atoms with Crippen LogP contribution in [0.3, 0.4) is 0 Å². The van der Waals surface area contributed by atoms with E-state index in [0.29, 0.717) is 0 Å². The Morgan fingerprint density at radius 2 is 2.21 bits per heavy atom. The summed E-state index contributed by atoms with van der Waals surface area (Å²) in [5.41, 5.74) is 2.56. The maximum absolute atomic E-state index is 4.52. The quantitative estimate of drug-likeness (QED) is 0.668. The van der Waals surface area contributed by atoms with Crippen molar-refractivity contribution in [3.63, 3.8) is 0 Å². The monoisotopic (exact) mass is 305 g/mol. The van der Waals surface area contributed by atoms with Crippen molar-refractivity contribution < 1.29 is 0 Å². The molecule has 3 aromatic rings. The first kappa shape index (κ1) is 11.8. The molecule has 0 aromatic carbocycles. The first-order valence-corrected chi connectivity index (χ1v) is 8.68. The van der Waals surface area contributed by atoms with Crippen LogP contribution in [0, 0.1) is 6.92 Å². The van der Waals surface area contributed by atoms with E-state index in [-0.39, 0.29) is 0 Å². The van der Waals surface area contributed by atoms with Crippen LogP contribution >= 0.6 is 34.4 Å². The third kappa shape index (κ3) is 1.98. The summed E-state index contributed by atoms with van der Waals surface area (Å²) in [5, 5.41) is 4.43. The van der Waals surface area contributed by atoms with Crippen LogP contribution in [0.5, 0.6) is 0 Å². The lowest BCUT2D eigenvalue weighted by Gasteiger charge is -2.00. The maximum atomic E-state index is 4.52. The van der Waals surface area contributed by atoms with Gasteiger partial charge in [0.05, 0.1) is 0 Å². The number of nitrogens with zero attached hydrogens (tertiary/aromatic N) is 3. The van der Waals surface area contributed by atoms with Crippen LogP contribution in [0.4, 0.5) is 0 Å². The molecule has 0 spiro atoms. The molecule has 0 N–H and O–H groups in total. The van der Waals surface area contributed by atoms with Gasteiger partial charge in [0.25, 0.3) is 0 Å². The van der Waals surface area contributed by atoms with E-state index in [4.69, 9.17) is 0 Å². The van der Waals surface area contributed by atoms with E-state index in [1.54, 1.807) is 29.4 Å². The fourth-order valence-electron chi connectivity index (χ4n) is 2.44. The summed E-state index contributed by atoms with van der Waals surface area (Å²) in [6.07, 6.45) is 5.33. The molecule has 6 heteroatoms. The standard InChI is InChI=1S/C13H11N3S3/c1-7-5-17-13(16-7)19-12-10-8-3-2-4-9(8)18-11(10)14-6-15-12/h5-6H,2-4H2,1H3. The summed E-state index contributed by atoms with van der Waals surface area (Å²) in [6, 6.07) is 0. The van der Waals surface area contributed by atoms with Crippen LogP contribution in [0.15, 0.2) is 21.1 Å². The van der Waals surface area contributed by atoms with Gasteiger partial charge in [-0.05, 0) is 43.5 Å². The van der Waals surface area contributed by atoms with Crippen molar-refractivity contribution in [1.82, 2.24) is 15.0 Å². The van der Waals surface area contributed by atoms with Crippen molar-refractivity contribution in [3.8, 4) is 0 Å². The fourth-order valence-corrected chi connectivity index (χ4v) is 5.60. The van der Waals surface area contributed by atoms with Gasteiger partial charge in [-0.3, -0.25) is 0 Å². The van der Waals surface area contributed by atoms with Crippen molar-refractivity contribution in [3.05, 3.63) is 27.8 Å². The summed E-state index contributed by atoms with van der Waals surface area (Å²) >= 11 is 5.19. The molecular formula is C13H11N3S3. The van der Waals surface area contributed by atoms with Gasteiger partial charge >= 0.3 is 0 Å². The minimum atomic E-state index is 1.07. The predicted molar refractivity (Wildman–Crippen MR) is 80.4 cm³/mol. The first-order chi connectivity index (χ1) is 9.31. The minimum Gasteiger partial charge on any atom is -0.235 e. The normalized spacial score (nSPS) is 14.2. The van der Waals surface area contributed by atoms with Crippen LogP contribution in [0.25, 0.3) is 10.2 Å².